The van der Waals surface area contributed by atoms with Crippen LogP contribution in [0.1, 0.15) is 31.9 Å². The Kier molecular flexibility index (Phi) is 3.62. The number of nitriles is 1. The molecule has 0 fully saturated rings. The van der Waals surface area contributed by atoms with Gasteiger partial charge in [0.1, 0.15) is 17.5 Å². The van der Waals surface area contributed by atoms with Crippen molar-refractivity contribution < 1.29 is 4.74 Å². The molecular weight excluding hydrogens is 250 g/mol. The fourth-order valence-corrected chi connectivity index (χ4v) is 1.77. The van der Waals surface area contributed by atoms with Crippen molar-refractivity contribution in [3.8, 4) is 17.7 Å². The first-order valence-corrected chi connectivity index (χ1v) is 6.35. The Morgan fingerprint density at radius 2 is 2.00 bits per heavy atom. The monoisotopic (exact) mass is 267 g/mol. The minimum atomic E-state index is 0.0346. The van der Waals surface area contributed by atoms with Crippen LogP contribution in [0, 0.1) is 11.3 Å². The highest BCUT2D eigenvalue weighted by atomic mass is 16.5. The Hall–Kier alpha value is -2.54. The van der Waals surface area contributed by atoms with Gasteiger partial charge in [-0.05, 0) is 29.2 Å². The molecule has 0 saturated heterocycles. The van der Waals surface area contributed by atoms with Gasteiger partial charge in [0.15, 0.2) is 0 Å². The van der Waals surface area contributed by atoms with Gasteiger partial charge in [-0.2, -0.15) is 5.26 Å². The number of hydrogen-bond donors (Lipinski definition) is 1. The maximum absolute atomic E-state index is 8.95. The van der Waals surface area contributed by atoms with Gasteiger partial charge in [0, 0.05) is 6.20 Å². The molecule has 0 saturated carbocycles. The molecule has 0 aliphatic heterocycles. The third-order valence-corrected chi connectivity index (χ3v) is 2.99. The summed E-state index contributed by atoms with van der Waals surface area (Å²) in [6.07, 6.45) is 1.51. The lowest BCUT2D eigenvalue weighted by molar-refractivity contribution is 0.462. The van der Waals surface area contributed by atoms with Crippen molar-refractivity contribution in [3.05, 3.63) is 47.7 Å². The summed E-state index contributed by atoms with van der Waals surface area (Å²) in [5.74, 6) is 0.918. The lowest BCUT2D eigenvalue weighted by Gasteiger charge is -2.19. The molecule has 2 N–H and O–H groups in total. The molecule has 0 aliphatic rings. The molecule has 1 heterocycles. The lowest BCUT2D eigenvalue weighted by Crippen LogP contribution is -2.10. The fraction of sp³-hybridized carbons (Fsp3) is 0.250. The normalized spacial score (nSPS) is 10.9. The van der Waals surface area contributed by atoms with Crippen LogP contribution in [0.3, 0.4) is 0 Å². The van der Waals surface area contributed by atoms with Crippen LogP contribution in [0.2, 0.25) is 0 Å². The molecule has 0 atom stereocenters. The van der Waals surface area contributed by atoms with Gasteiger partial charge in [-0.3, -0.25) is 0 Å². The summed E-state index contributed by atoms with van der Waals surface area (Å²) in [4.78, 5) is 4.08. The minimum absolute atomic E-state index is 0.0346. The van der Waals surface area contributed by atoms with Gasteiger partial charge >= 0.3 is 0 Å². The van der Waals surface area contributed by atoms with Gasteiger partial charge in [-0.25, -0.2) is 4.98 Å². The molecule has 0 spiro atoms. The van der Waals surface area contributed by atoms with Gasteiger partial charge in [0.25, 0.3) is 0 Å². The summed E-state index contributed by atoms with van der Waals surface area (Å²) in [6.45, 7) is 6.40. The molecule has 0 bridgehead atoms. The van der Waals surface area contributed by atoms with Crippen LogP contribution < -0.4 is 10.5 Å². The zero-order valence-electron chi connectivity index (χ0n) is 11.8. The van der Waals surface area contributed by atoms with Crippen LogP contribution in [0.15, 0.2) is 36.5 Å². The summed E-state index contributed by atoms with van der Waals surface area (Å²) in [5.41, 5.74) is 7.67. The van der Waals surface area contributed by atoms with Gasteiger partial charge in [-0.1, -0.05) is 32.9 Å². The largest absolute Gasteiger partial charge is 0.437 e. The third-order valence-electron chi connectivity index (χ3n) is 2.99. The number of rotatable bonds is 2. The third kappa shape index (κ3) is 2.89. The van der Waals surface area contributed by atoms with Crippen molar-refractivity contribution in [1.82, 2.24) is 4.98 Å². The van der Waals surface area contributed by atoms with Gasteiger partial charge < -0.3 is 10.5 Å². The highest BCUT2D eigenvalue weighted by Crippen LogP contribution is 2.30. The molecule has 2 aromatic rings. The van der Waals surface area contributed by atoms with Crippen molar-refractivity contribution in [2.45, 2.75) is 26.2 Å². The molecule has 4 nitrogen and oxygen atoms in total. The van der Waals surface area contributed by atoms with E-state index in [1.807, 2.05) is 24.3 Å². The zero-order chi connectivity index (χ0) is 14.8. The Morgan fingerprint density at radius 1 is 1.25 bits per heavy atom. The number of pyridine rings is 1. The van der Waals surface area contributed by atoms with E-state index in [-0.39, 0.29) is 17.0 Å². The van der Waals surface area contributed by atoms with E-state index in [0.717, 1.165) is 5.56 Å². The molecule has 0 radical (unpaired) electrons. The first kappa shape index (κ1) is 13.9. The van der Waals surface area contributed by atoms with Crippen molar-refractivity contribution in [2.24, 2.45) is 0 Å². The zero-order valence-corrected chi connectivity index (χ0v) is 11.8. The molecule has 0 amide bonds. The van der Waals surface area contributed by atoms with Crippen LogP contribution in [-0.2, 0) is 5.41 Å². The van der Waals surface area contributed by atoms with Crippen molar-refractivity contribution in [1.29, 1.82) is 5.26 Å². The van der Waals surface area contributed by atoms with Gasteiger partial charge in [0.05, 0.1) is 5.56 Å². The van der Waals surface area contributed by atoms with E-state index in [1.54, 1.807) is 6.07 Å². The number of nitrogens with two attached hydrogens (primary N) is 1. The number of nitrogens with zero attached hydrogens (tertiary/aromatic N) is 2. The highest BCUT2D eigenvalue weighted by Gasteiger charge is 2.15. The Balaban J connectivity index is 2.34. The Bertz CT molecular complexity index is 666. The molecule has 0 aliphatic carbocycles. The molecule has 1 aromatic carbocycles. The highest BCUT2D eigenvalue weighted by molar-refractivity contribution is 5.60. The predicted molar refractivity (Wildman–Crippen MR) is 78.6 cm³/mol. The second-order valence-corrected chi connectivity index (χ2v) is 5.57. The standard InChI is InChI=1S/C16H17N3O/c1-16(2,3)12-5-4-6-13(9-12)20-15-14(18)11(10-17)7-8-19-15/h4-9H,18H2,1-3H3. The van der Waals surface area contributed by atoms with E-state index in [9.17, 15) is 0 Å². The lowest BCUT2D eigenvalue weighted by atomic mass is 9.87. The SMILES string of the molecule is CC(C)(C)c1cccc(Oc2nccc(C#N)c2N)c1. The van der Waals surface area contributed by atoms with E-state index in [2.05, 4.69) is 31.8 Å². The summed E-state index contributed by atoms with van der Waals surface area (Å²) in [6, 6.07) is 11.4. The molecule has 4 heteroatoms. The molecule has 0 unspecified atom stereocenters. The fourth-order valence-electron chi connectivity index (χ4n) is 1.77. The van der Waals surface area contributed by atoms with Crippen LogP contribution >= 0.6 is 0 Å². The number of hydrogen-bond acceptors (Lipinski definition) is 4. The average molecular weight is 267 g/mol. The first-order chi connectivity index (χ1) is 9.41. The van der Waals surface area contributed by atoms with E-state index in [4.69, 9.17) is 15.7 Å². The topological polar surface area (TPSA) is 71.9 Å². The smallest absolute Gasteiger partial charge is 0.244 e. The summed E-state index contributed by atoms with van der Waals surface area (Å²) < 4.78 is 5.70. The Morgan fingerprint density at radius 3 is 2.65 bits per heavy atom. The first-order valence-electron chi connectivity index (χ1n) is 6.35. The number of nitrogen functional groups attached to an aromatic ring is 1. The molecule has 2 rings (SSSR count). The summed E-state index contributed by atoms with van der Waals surface area (Å²) in [7, 11) is 0. The summed E-state index contributed by atoms with van der Waals surface area (Å²) in [5, 5.41) is 8.95. The van der Waals surface area contributed by atoms with Crippen LogP contribution in [0.4, 0.5) is 5.69 Å². The van der Waals surface area contributed by atoms with Gasteiger partial charge in [-0.15, -0.1) is 0 Å². The predicted octanol–water partition coefficient (Wildman–Crippen LogP) is 3.63. The van der Waals surface area contributed by atoms with Crippen molar-refractivity contribution in [2.75, 3.05) is 5.73 Å². The Labute approximate surface area is 118 Å². The maximum Gasteiger partial charge on any atom is 0.244 e. The van der Waals surface area contributed by atoms with Crippen molar-refractivity contribution >= 4 is 5.69 Å². The minimum Gasteiger partial charge on any atom is -0.437 e. The van der Waals surface area contributed by atoms with Crippen LogP contribution in [0.25, 0.3) is 0 Å². The van der Waals surface area contributed by atoms with Gasteiger partial charge in [0.2, 0.25) is 5.88 Å². The molecule has 102 valence electrons. The summed E-state index contributed by atoms with van der Waals surface area (Å²) >= 11 is 0. The number of benzene rings is 1. The quantitative estimate of drug-likeness (QED) is 0.901. The van der Waals surface area contributed by atoms with Crippen LogP contribution in [0.5, 0.6) is 11.6 Å². The number of aromatic nitrogens is 1. The number of anilines is 1. The second-order valence-electron chi connectivity index (χ2n) is 5.57. The van der Waals surface area contributed by atoms with E-state index >= 15 is 0 Å². The molecule has 20 heavy (non-hydrogen) atoms. The maximum atomic E-state index is 8.95. The second kappa shape index (κ2) is 5.22. The number of ether oxygens (including phenoxy) is 1. The van der Waals surface area contributed by atoms with E-state index in [0.29, 0.717) is 11.3 Å². The van der Waals surface area contributed by atoms with Crippen LogP contribution in [-0.4, -0.2) is 4.98 Å². The average Bonchev–Trinajstić information content (AvgIpc) is 2.40. The molecular formula is C16H17N3O. The van der Waals surface area contributed by atoms with E-state index < -0.39 is 0 Å². The molecule has 1 aromatic heterocycles. The van der Waals surface area contributed by atoms with Crippen molar-refractivity contribution in [3.63, 3.8) is 0 Å². The van der Waals surface area contributed by atoms with E-state index in [1.165, 1.54) is 6.20 Å².